The number of rotatable bonds is 4. The molecule has 0 spiro atoms. The second-order valence-corrected chi connectivity index (χ2v) is 5.87. The summed E-state index contributed by atoms with van der Waals surface area (Å²) in [4.78, 5) is 23.8. The fourth-order valence-electron chi connectivity index (χ4n) is 2.75. The van der Waals surface area contributed by atoms with Crippen LogP contribution < -0.4 is 10.6 Å². The molecule has 4 heteroatoms. The lowest BCUT2D eigenvalue weighted by molar-refractivity contribution is -0.127. The van der Waals surface area contributed by atoms with E-state index in [-0.39, 0.29) is 24.3 Å². The molecule has 0 saturated heterocycles. The van der Waals surface area contributed by atoms with E-state index in [1.807, 2.05) is 32.0 Å². The molecule has 0 radical (unpaired) electrons. The maximum absolute atomic E-state index is 12.0. The molecule has 1 saturated carbocycles. The van der Waals surface area contributed by atoms with E-state index < -0.39 is 0 Å². The summed E-state index contributed by atoms with van der Waals surface area (Å²) >= 11 is 0. The van der Waals surface area contributed by atoms with Crippen molar-refractivity contribution in [2.45, 2.75) is 58.4 Å². The molecule has 1 aromatic rings. The van der Waals surface area contributed by atoms with Crippen LogP contribution in [0.25, 0.3) is 0 Å². The van der Waals surface area contributed by atoms with Crippen LogP contribution in [0, 0.1) is 13.8 Å². The van der Waals surface area contributed by atoms with Crippen molar-refractivity contribution >= 4 is 17.5 Å². The lowest BCUT2D eigenvalue weighted by Gasteiger charge is -2.22. The molecule has 2 amide bonds. The van der Waals surface area contributed by atoms with Gasteiger partial charge in [-0.1, -0.05) is 31.4 Å². The Morgan fingerprint density at radius 1 is 1.10 bits per heavy atom. The minimum absolute atomic E-state index is 0.107. The Kier molecular flexibility index (Phi) is 5.37. The van der Waals surface area contributed by atoms with E-state index in [1.54, 1.807) is 0 Å². The van der Waals surface area contributed by atoms with Crippen molar-refractivity contribution in [2.24, 2.45) is 0 Å². The Balaban J connectivity index is 1.83. The summed E-state index contributed by atoms with van der Waals surface area (Å²) in [7, 11) is 0. The van der Waals surface area contributed by atoms with Gasteiger partial charge in [0.2, 0.25) is 11.8 Å². The Morgan fingerprint density at radius 3 is 2.52 bits per heavy atom. The number of anilines is 1. The largest absolute Gasteiger partial charge is 0.353 e. The molecule has 0 heterocycles. The molecular weight excluding hydrogens is 264 g/mol. The van der Waals surface area contributed by atoms with E-state index in [1.165, 1.54) is 19.3 Å². The third kappa shape index (κ3) is 4.59. The zero-order valence-electron chi connectivity index (χ0n) is 12.9. The van der Waals surface area contributed by atoms with Crippen LogP contribution in [0.15, 0.2) is 18.2 Å². The van der Waals surface area contributed by atoms with Crippen LogP contribution in [0.1, 0.15) is 49.7 Å². The summed E-state index contributed by atoms with van der Waals surface area (Å²) in [5.41, 5.74) is 2.95. The van der Waals surface area contributed by atoms with Crippen molar-refractivity contribution in [2.75, 3.05) is 5.32 Å². The third-order valence-electron chi connectivity index (χ3n) is 4.17. The van der Waals surface area contributed by atoms with Crippen molar-refractivity contribution in [3.63, 3.8) is 0 Å². The first-order valence-corrected chi connectivity index (χ1v) is 7.71. The topological polar surface area (TPSA) is 58.2 Å². The maximum atomic E-state index is 12.0. The van der Waals surface area contributed by atoms with Crippen LogP contribution >= 0.6 is 0 Å². The van der Waals surface area contributed by atoms with Gasteiger partial charge < -0.3 is 10.6 Å². The number of amides is 2. The lowest BCUT2D eigenvalue weighted by atomic mass is 9.95. The van der Waals surface area contributed by atoms with Gasteiger partial charge in [0.1, 0.15) is 6.42 Å². The van der Waals surface area contributed by atoms with Crippen molar-refractivity contribution < 1.29 is 9.59 Å². The lowest BCUT2D eigenvalue weighted by Crippen LogP contribution is -2.37. The fraction of sp³-hybridized carbons (Fsp3) is 0.529. The highest BCUT2D eigenvalue weighted by Gasteiger charge is 2.17. The molecular formula is C17H24N2O2. The molecule has 4 nitrogen and oxygen atoms in total. The van der Waals surface area contributed by atoms with Crippen molar-refractivity contribution in [1.29, 1.82) is 0 Å². The van der Waals surface area contributed by atoms with Gasteiger partial charge in [-0.15, -0.1) is 0 Å². The molecule has 1 fully saturated rings. The first-order valence-electron chi connectivity index (χ1n) is 7.71. The molecule has 1 aliphatic rings. The van der Waals surface area contributed by atoms with Crippen LogP contribution in [-0.4, -0.2) is 17.9 Å². The summed E-state index contributed by atoms with van der Waals surface area (Å²) in [6, 6.07) is 6.01. The second kappa shape index (κ2) is 7.25. The van der Waals surface area contributed by atoms with E-state index in [0.29, 0.717) is 0 Å². The highest BCUT2D eigenvalue weighted by molar-refractivity contribution is 6.03. The molecule has 0 aromatic heterocycles. The van der Waals surface area contributed by atoms with Gasteiger partial charge in [-0.3, -0.25) is 9.59 Å². The van der Waals surface area contributed by atoms with E-state index in [9.17, 15) is 9.59 Å². The first-order chi connectivity index (χ1) is 10.1. The van der Waals surface area contributed by atoms with Crippen LogP contribution in [-0.2, 0) is 9.59 Å². The van der Waals surface area contributed by atoms with Crippen molar-refractivity contribution in [1.82, 2.24) is 5.32 Å². The summed E-state index contributed by atoms with van der Waals surface area (Å²) < 4.78 is 0. The number of carbonyl (C=O) groups excluding carboxylic acids is 2. The number of hydrogen-bond acceptors (Lipinski definition) is 2. The summed E-state index contributed by atoms with van der Waals surface area (Å²) in [5.74, 6) is -0.429. The predicted octanol–water partition coefficient (Wildman–Crippen LogP) is 3.08. The van der Waals surface area contributed by atoms with E-state index in [0.717, 1.165) is 29.7 Å². The normalized spacial score (nSPS) is 15.5. The van der Waals surface area contributed by atoms with Crippen LogP contribution in [0.4, 0.5) is 5.69 Å². The van der Waals surface area contributed by atoms with Crippen LogP contribution in [0.3, 0.4) is 0 Å². The van der Waals surface area contributed by atoms with Crippen molar-refractivity contribution in [3.8, 4) is 0 Å². The summed E-state index contributed by atoms with van der Waals surface area (Å²) in [5, 5.41) is 5.78. The third-order valence-corrected chi connectivity index (χ3v) is 4.17. The molecule has 0 atom stereocenters. The van der Waals surface area contributed by atoms with Gasteiger partial charge >= 0.3 is 0 Å². The zero-order valence-corrected chi connectivity index (χ0v) is 12.9. The standard InChI is InChI=1S/C17H24N2O2/c1-12-7-6-10-15(13(12)2)19-17(21)11-16(20)18-14-8-4-3-5-9-14/h6-7,10,14H,3-5,8-9,11H2,1-2H3,(H,18,20)(H,19,21). The number of benzene rings is 1. The van der Waals surface area contributed by atoms with Crippen LogP contribution in [0.5, 0.6) is 0 Å². The Labute approximate surface area is 126 Å². The molecule has 0 unspecified atom stereocenters. The quantitative estimate of drug-likeness (QED) is 0.836. The number of nitrogens with one attached hydrogen (secondary N) is 2. The highest BCUT2D eigenvalue weighted by atomic mass is 16.2. The van der Waals surface area contributed by atoms with E-state index in [2.05, 4.69) is 10.6 Å². The molecule has 1 aliphatic carbocycles. The molecule has 2 N–H and O–H groups in total. The second-order valence-electron chi connectivity index (χ2n) is 5.87. The SMILES string of the molecule is Cc1cccc(NC(=O)CC(=O)NC2CCCCC2)c1C. The average Bonchev–Trinajstić information content (AvgIpc) is 2.44. The summed E-state index contributed by atoms with van der Waals surface area (Å²) in [6.07, 6.45) is 5.54. The molecule has 2 rings (SSSR count). The van der Waals surface area contributed by atoms with Crippen LogP contribution in [0.2, 0.25) is 0 Å². The summed E-state index contributed by atoms with van der Waals surface area (Å²) in [6.45, 7) is 3.97. The smallest absolute Gasteiger partial charge is 0.233 e. The minimum atomic E-state index is -0.253. The number of hydrogen-bond donors (Lipinski definition) is 2. The van der Waals surface area contributed by atoms with Gasteiger partial charge in [0, 0.05) is 11.7 Å². The Bertz CT molecular complexity index is 520. The zero-order chi connectivity index (χ0) is 15.2. The van der Waals surface area contributed by atoms with Crippen molar-refractivity contribution in [3.05, 3.63) is 29.3 Å². The molecule has 0 bridgehead atoms. The Hall–Kier alpha value is -1.84. The minimum Gasteiger partial charge on any atom is -0.353 e. The van der Waals surface area contributed by atoms with Gasteiger partial charge in [0.25, 0.3) is 0 Å². The van der Waals surface area contributed by atoms with E-state index >= 15 is 0 Å². The fourth-order valence-corrected chi connectivity index (χ4v) is 2.75. The van der Waals surface area contributed by atoms with Gasteiger partial charge in [0.15, 0.2) is 0 Å². The molecule has 1 aromatic carbocycles. The van der Waals surface area contributed by atoms with Gasteiger partial charge in [0.05, 0.1) is 0 Å². The molecule has 114 valence electrons. The number of aryl methyl sites for hydroxylation is 1. The van der Waals surface area contributed by atoms with E-state index in [4.69, 9.17) is 0 Å². The Morgan fingerprint density at radius 2 is 1.81 bits per heavy atom. The van der Waals surface area contributed by atoms with Gasteiger partial charge in [-0.25, -0.2) is 0 Å². The molecule has 0 aliphatic heterocycles. The van der Waals surface area contributed by atoms with Gasteiger partial charge in [-0.05, 0) is 43.9 Å². The van der Waals surface area contributed by atoms with Gasteiger partial charge in [-0.2, -0.15) is 0 Å². The first kappa shape index (κ1) is 15.5. The molecule has 21 heavy (non-hydrogen) atoms. The number of carbonyl (C=O) groups is 2. The maximum Gasteiger partial charge on any atom is 0.233 e. The highest BCUT2D eigenvalue weighted by Crippen LogP contribution is 2.19. The monoisotopic (exact) mass is 288 g/mol. The average molecular weight is 288 g/mol. The predicted molar refractivity (Wildman–Crippen MR) is 84.2 cm³/mol.